The first-order valence-corrected chi connectivity index (χ1v) is 11.1. The SMILES string of the molecule is O=C(c1cc2n(n1)[C@H](C(F)(F)F)C[C@@H](c1ccc3c(c1)OCO3)N2)N1CCCc2ccccc21. The molecule has 4 heterocycles. The number of amides is 1. The van der Waals surface area contributed by atoms with Gasteiger partial charge in [0.1, 0.15) is 5.82 Å². The lowest BCUT2D eigenvalue weighted by atomic mass is 9.96. The molecule has 34 heavy (non-hydrogen) atoms. The van der Waals surface area contributed by atoms with E-state index in [0.717, 1.165) is 28.8 Å². The minimum absolute atomic E-state index is 0.0141. The quantitative estimate of drug-likeness (QED) is 0.579. The monoisotopic (exact) mass is 470 g/mol. The fourth-order valence-electron chi connectivity index (χ4n) is 4.91. The van der Waals surface area contributed by atoms with Crippen molar-refractivity contribution in [2.75, 3.05) is 23.6 Å². The second-order valence-corrected chi connectivity index (χ2v) is 8.65. The van der Waals surface area contributed by atoms with Crippen LogP contribution in [0.5, 0.6) is 11.5 Å². The molecule has 2 aromatic carbocycles. The number of halogens is 3. The number of alkyl halides is 3. The van der Waals surface area contributed by atoms with Gasteiger partial charge in [0.2, 0.25) is 6.79 Å². The largest absolute Gasteiger partial charge is 0.454 e. The van der Waals surface area contributed by atoms with Crippen LogP contribution in [0.25, 0.3) is 0 Å². The van der Waals surface area contributed by atoms with Crippen LogP contribution < -0.4 is 19.7 Å². The van der Waals surface area contributed by atoms with E-state index in [2.05, 4.69) is 10.4 Å². The number of hydrogen-bond donors (Lipinski definition) is 1. The Morgan fingerprint density at radius 1 is 1.09 bits per heavy atom. The van der Waals surface area contributed by atoms with Crippen molar-refractivity contribution in [1.29, 1.82) is 0 Å². The number of nitrogens with zero attached hydrogens (tertiary/aromatic N) is 3. The van der Waals surface area contributed by atoms with Crippen molar-refractivity contribution < 1.29 is 27.4 Å². The van der Waals surface area contributed by atoms with Crippen molar-refractivity contribution in [3.8, 4) is 11.5 Å². The molecule has 0 radical (unpaired) electrons. The molecule has 3 aliphatic heterocycles. The van der Waals surface area contributed by atoms with Gasteiger partial charge in [0.05, 0.1) is 6.04 Å². The van der Waals surface area contributed by atoms with Crippen LogP contribution in [0.4, 0.5) is 24.7 Å². The Kier molecular flexibility index (Phi) is 4.72. The Morgan fingerprint density at radius 3 is 2.76 bits per heavy atom. The molecule has 0 saturated carbocycles. The lowest BCUT2D eigenvalue weighted by Crippen LogP contribution is -2.37. The third kappa shape index (κ3) is 3.44. The van der Waals surface area contributed by atoms with Gasteiger partial charge in [0, 0.05) is 24.7 Å². The summed E-state index contributed by atoms with van der Waals surface area (Å²) in [7, 11) is 0. The number of aryl methyl sites for hydroxylation is 1. The van der Waals surface area contributed by atoms with Crippen molar-refractivity contribution >= 4 is 17.4 Å². The molecule has 0 spiro atoms. The summed E-state index contributed by atoms with van der Waals surface area (Å²) in [5.74, 6) is 0.814. The molecule has 176 valence electrons. The maximum Gasteiger partial charge on any atom is 0.410 e. The summed E-state index contributed by atoms with van der Waals surface area (Å²) in [6.45, 7) is 0.577. The van der Waals surface area contributed by atoms with E-state index in [-0.39, 0.29) is 24.7 Å². The van der Waals surface area contributed by atoms with Crippen molar-refractivity contribution in [2.24, 2.45) is 0 Å². The third-order valence-electron chi connectivity index (χ3n) is 6.56. The van der Waals surface area contributed by atoms with E-state index in [0.29, 0.717) is 23.6 Å². The van der Waals surface area contributed by atoms with Gasteiger partial charge < -0.3 is 19.7 Å². The molecule has 0 unspecified atom stereocenters. The highest BCUT2D eigenvalue weighted by atomic mass is 19.4. The minimum Gasteiger partial charge on any atom is -0.454 e. The fourth-order valence-corrected chi connectivity index (χ4v) is 4.91. The van der Waals surface area contributed by atoms with Gasteiger partial charge in [-0.05, 0) is 42.2 Å². The van der Waals surface area contributed by atoms with Crippen molar-refractivity contribution in [2.45, 2.75) is 37.5 Å². The number of carbonyl (C=O) groups is 1. The number of carbonyl (C=O) groups excluding carboxylic acids is 1. The number of rotatable bonds is 2. The maximum absolute atomic E-state index is 14.1. The number of nitrogens with one attached hydrogen (secondary N) is 1. The molecule has 0 aliphatic carbocycles. The molecule has 1 amide bonds. The molecule has 3 aliphatic rings. The second kappa shape index (κ2) is 7.68. The van der Waals surface area contributed by atoms with Gasteiger partial charge in [-0.3, -0.25) is 4.79 Å². The fraction of sp³-hybridized carbons (Fsp3) is 0.333. The Labute approximate surface area is 193 Å². The average Bonchev–Trinajstić information content (AvgIpc) is 3.48. The van der Waals surface area contributed by atoms with E-state index >= 15 is 0 Å². The molecule has 0 bridgehead atoms. The standard InChI is InChI=1S/C24H21F3N4O3/c25-24(26,27)21-11-16(15-7-8-19-20(10-15)34-13-33-19)28-22-12-17(29-31(21)22)23(32)30-9-3-5-14-4-1-2-6-18(14)30/h1-2,4,6-8,10,12,16,21,28H,3,5,9,11,13H2/t16-,21-/m0/s1. The predicted octanol–water partition coefficient (Wildman–Crippen LogP) is 4.87. The smallest absolute Gasteiger partial charge is 0.410 e. The van der Waals surface area contributed by atoms with Crippen LogP contribution in [0, 0.1) is 0 Å². The summed E-state index contributed by atoms with van der Waals surface area (Å²) in [6.07, 6.45) is -3.16. The molecule has 0 fully saturated rings. The Morgan fingerprint density at radius 2 is 1.91 bits per heavy atom. The van der Waals surface area contributed by atoms with Crippen LogP contribution in [0.15, 0.2) is 48.5 Å². The van der Waals surface area contributed by atoms with E-state index in [4.69, 9.17) is 9.47 Å². The highest BCUT2D eigenvalue weighted by Gasteiger charge is 2.47. The van der Waals surface area contributed by atoms with Crippen LogP contribution >= 0.6 is 0 Å². The molecule has 6 rings (SSSR count). The zero-order chi connectivity index (χ0) is 23.4. The lowest BCUT2D eigenvalue weighted by molar-refractivity contribution is -0.173. The van der Waals surface area contributed by atoms with E-state index < -0.39 is 24.2 Å². The van der Waals surface area contributed by atoms with Crippen LogP contribution in [-0.2, 0) is 6.42 Å². The molecular weight excluding hydrogens is 449 g/mol. The van der Waals surface area contributed by atoms with Gasteiger partial charge in [-0.2, -0.15) is 18.3 Å². The minimum atomic E-state index is -4.53. The van der Waals surface area contributed by atoms with E-state index in [1.807, 2.05) is 24.3 Å². The highest BCUT2D eigenvalue weighted by Crippen LogP contribution is 2.45. The van der Waals surface area contributed by atoms with E-state index in [1.165, 1.54) is 6.07 Å². The molecule has 3 aromatic rings. The number of benzene rings is 2. The molecule has 2 atom stereocenters. The highest BCUT2D eigenvalue weighted by molar-refractivity contribution is 6.06. The number of hydrogen-bond acceptors (Lipinski definition) is 5. The van der Waals surface area contributed by atoms with Gasteiger partial charge in [-0.1, -0.05) is 24.3 Å². The van der Waals surface area contributed by atoms with E-state index in [9.17, 15) is 18.0 Å². The zero-order valence-corrected chi connectivity index (χ0v) is 18.0. The summed E-state index contributed by atoms with van der Waals surface area (Å²) in [5.41, 5.74) is 2.45. The van der Waals surface area contributed by atoms with Gasteiger partial charge in [0.25, 0.3) is 5.91 Å². The molecule has 10 heteroatoms. The summed E-state index contributed by atoms with van der Waals surface area (Å²) >= 11 is 0. The number of fused-ring (bicyclic) bond motifs is 3. The molecule has 1 N–H and O–H groups in total. The lowest BCUT2D eigenvalue weighted by Gasteiger charge is -2.33. The van der Waals surface area contributed by atoms with Gasteiger partial charge in [0.15, 0.2) is 23.2 Å². The zero-order valence-electron chi connectivity index (χ0n) is 18.0. The molecule has 1 aromatic heterocycles. The Balaban J connectivity index is 1.34. The first-order valence-electron chi connectivity index (χ1n) is 11.1. The topological polar surface area (TPSA) is 68.6 Å². The summed E-state index contributed by atoms with van der Waals surface area (Å²) in [6, 6.07) is 11.6. The third-order valence-corrected chi connectivity index (χ3v) is 6.56. The first-order chi connectivity index (χ1) is 16.4. The number of ether oxygens (including phenoxy) is 2. The summed E-state index contributed by atoms with van der Waals surface area (Å²) in [4.78, 5) is 14.9. The average molecular weight is 470 g/mol. The Bertz CT molecular complexity index is 1270. The predicted molar refractivity (Wildman–Crippen MR) is 117 cm³/mol. The normalized spacial score (nSPS) is 21.0. The van der Waals surface area contributed by atoms with Gasteiger partial charge in [-0.15, -0.1) is 0 Å². The molecule has 7 nitrogen and oxygen atoms in total. The van der Waals surface area contributed by atoms with Crippen LogP contribution in [0.2, 0.25) is 0 Å². The van der Waals surface area contributed by atoms with Crippen molar-refractivity contribution in [3.63, 3.8) is 0 Å². The van der Waals surface area contributed by atoms with Crippen LogP contribution in [-0.4, -0.2) is 35.2 Å². The second-order valence-electron chi connectivity index (χ2n) is 8.65. The van der Waals surface area contributed by atoms with Crippen molar-refractivity contribution in [3.05, 3.63) is 65.4 Å². The number of aromatic nitrogens is 2. The molecule has 0 saturated heterocycles. The van der Waals surface area contributed by atoms with Gasteiger partial charge >= 0.3 is 6.18 Å². The van der Waals surface area contributed by atoms with E-state index in [1.54, 1.807) is 23.1 Å². The van der Waals surface area contributed by atoms with Crippen LogP contribution in [0.3, 0.4) is 0 Å². The Hall–Kier alpha value is -3.69. The van der Waals surface area contributed by atoms with Gasteiger partial charge in [-0.25, -0.2) is 4.68 Å². The summed E-state index contributed by atoms with van der Waals surface area (Å²) < 4.78 is 53.8. The first kappa shape index (κ1) is 20.9. The summed E-state index contributed by atoms with van der Waals surface area (Å²) in [5, 5.41) is 7.27. The number of para-hydroxylation sites is 1. The van der Waals surface area contributed by atoms with Crippen LogP contribution in [0.1, 0.15) is 46.5 Å². The van der Waals surface area contributed by atoms with Crippen molar-refractivity contribution in [1.82, 2.24) is 9.78 Å². The molecular formula is C24H21F3N4O3. The maximum atomic E-state index is 14.1. The number of anilines is 2.